The number of amides is 1. The predicted molar refractivity (Wildman–Crippen MR) is 88.9 cm³/mol. The average Bonchev–Trinajstić information content (AvgIpc) is 2.57. The molecule has 0 aliphatic carbocycles. The van der Waals surface area contributed by atoms with Crippen molar-refractivity contribution in [2.45, 2.75) is 33.2 Å². The van der Waals surface area contributed by atoms with Gasteiger partial charge in [0.25, 0.3) is 0 Å². The quantitative estimate of drug-likeness (QED) is 0.810. The Labute approximate surface area is 134 Å². The third kappa shape index (κ3) is 4.23. The SMILES string of the molecule is CCN(CC)C(=O)[C@@H]1CCCN(Cc2ccc(OC)cc2)C1. The Bertz CT molecular complexity index is 468. The molecule has 4 heteroatoms. The molecule has 1 fully saturated rings. The Balaban J connectivity index is 1.93. The second-order valence-corrected chi connectivity index (χ2v) is 5.93. The van der Waals surface area contributed by atoms with Gasteiger partial charge in [-0.05, 0) is 50.9 Å². The number of benzene rings is 1. The normalized spacial score (nSPS) is 19.0. The molecule has 1 aliphatic rings. The molecule has 22 heavy (non-hydrogen) atoms. The van der Waals surface area contributed by atoms with Crippen LogP contribution < -0.4 is 4.74 Å². The number of carbonyl (C=O) groups is 1. The van der Waals surface area contributed by atoms with Crippen LogP contribution in [0.25, 0.3) is 0 Å². The molecule has 0 N–H and O–H groups in total. The fourth-order valence-electron chi connectivity index (χ4n) is 3.18. The minimum Gasteiger partial charge on any atom is -0.497 e. The summed E-state index contributed by atoms with van der Waals surface area (Å²) in [7, 11) is 1.68. The molecule has 1 atom stereocenters. The van der Waals surface area contributed by atoms with Crippen molar-refractivity contribution in [3.05, 3.63) is 29.8 Å². The fourth-order valence-corrected chi connectivity index (χ4v) is 3.18. The first kappa shape index (κ1) is 16.8. The number of hydrogen-bond acceptors (Lipinski definition) is 3. The third-order valence-corrected chi connectivity index (χ3v) is 4.50. The highest BCUT2D eigenvalue weighted by Gasteiger charge is 2.28. The van der Waals surface area contributed by atoms with Crippen LogP contribution in [0.3, 0.4) is 0 Å². The van der Waals surface area contributed by atoms with Crippen molar-refractivity contribution >= 4 is 5.91 Å². The highest BCUT2D eigenvalue weighted by molar-refractivity contribution is 5.79. The van der Waals surface area contributed by atoms with Crippen molar-refractivity contribution in [1.82, 2.24) is 9.80 Å². The highest BCUT2D eigenvalue weighted by atomic mass is 16.5. The molecule has 1 heterocycles. The molecule has 1 aromatic carbocycles. The summed E-state index contributed by atoms with van der Waals surface area (Å²) >= 11 is 0. The van der Waals surface area contributed by atoms with E-state index in [1.165, 1.54) is 5.56 Å². The van der Waals surface area contributed by atoms with E-state index in [9.17, 15) is 4.79 Å². The van der Waals surface area contributed by atoms with Crippen LogP contribution in [0, 0.1) is 5.92 Å². The van der Waals surface area contributed by atoms with E-state index in [1.807, 2.05) is 17.0 Å². The van der Waals surface area contributed by atoms with Crippen molar-refractivity contribution < 1.29 is 9.53 Å². The van der Waals surface area contributed by atoms with Gasteiger partial charge in [-0.1, -0.05) is 12.1 Å². The number of likely N-dealkylation sites (tertiary alicyclic amines) is 1. The maximum atomic E-state index is 12.5. The molecule has 0 bridgehead atoms. The monoisotopic (exact) mass is 304 g/mol. The maximum absolute atomic E-state index is 12.5. The zero-order valence-electron chi connectivity index (χ0n) is 14.0. The molecule has 2 rings (SSSR count). The lowest BCUT2D eigenvalue weighted by Crippen LogP contribution is -2.44. The van der Waals surface area contributed by atoms with Gasteiger partial charge in [0, 0.05) is 26.2 Å². The average molecular weight is 304 g/mol. The number of ether oxygens (including phenoxy) is 1. The van der Waals surface area contributed by atoms with Gasteiger partial charge in [-0.2, -0.15) is 0 Å². The molecule has 1 aliphatic heterocycles. The summed E-state index contributed by atoms with van der Waals surface area (Å²) in [5.41, 5.74) is 1.27. The molecule has 1 saturated heterocycles. The summed E-state index contributed by atoms with van der Waals surface area (Å²) in [5, 5.41) is 0. The van der Waals surface area contributed by atoms with Crippen LogP contribution in [0.2, 0.25) is 0 Å². The van der Waals surface area contributed by atoms with Crippen LogP contribution in [0.5, 0.6) is 5.75 Å². The van der Waals surface area contributed by atoms with Gasteiger partial charge < -0.3 is 9.64 Å². The molecule has 0 aromatic heterocycles. The maximum Gasteiger partial charge on any atom is 0.226 e. The van der Waals surface area contributed by atoms with E-state index in [-0.39, 0.29) is 5.92 Å². The number of piperidine rings is 1. The van der Waals surface area contributed by atoms with E-state index in [1.54, 1.807) is 7.11 Å². The number of hydrogen-bond donors (Lipinski definition) is 0. The summed E-state index contributed by atoms with van der Waals surface area (Å²) in [4.78, 5) is 16.9. The van der Waals surface area contributed by atoms with Crippen LogP contribution in [0.15, 0.2) is 24.3 Å². The smallest absolute Gasteiger partial charge is 0.226 e. The fraction of sp³-hybridized carbons (Fsp3) is 0.611. The number of rotatable bonds is 6. The summed E-state index contributed by atoms with van der Waals surface area (Å²) < 4.78 is 5.19. The van der Waals surface area contributed by atoms with Crippen molar-refractivity contribution in [3.8, 4) is 5.75 Å². The Morgan fingerprint density at radius 2 is 1.95 bits per heavy atom. The van der Waals surface area contributed by atoms with E-state index in [0.29, 0.717) is 5.91 Å². The second-order valence-electron chi connectivity index (χ2n) is 5.93. The third-order valence-electron chi connectivity index (χ3n) is 4.50. The van der Waals surface area contributed by atoms with E-state index in [2.05, 4.69) is 30.9 Å². The van der Waals surface area contributed by atoms with Gasteiger partial charge in [0.2, 0.25) is 5.91 Å². The Hall–Kier alpha value is -1.55. The molecule has 1 aromatic rings. The van der Waals surface area contributed by atoms with Crippen molar-refractivity contribution in [2.24, 2.45) is 5.92 Å². The van der Waals surface area contributed by atoms with Gasteiger partial charge in [0.1, 0.15) is 5.75 Å². The zero-order valence-corrected chi connectivity index (χ0v) is 14.0. The van der Waals surface area contributed by atoms with Crippen LogP contribution in [0.4, 0.5) is 0 Å². The van der Waals surface area contributed by atoms with Gasteiger partial charge in [-0.3, -0.25) is 9.69 Å². The minimum absolute atomic E-state index is 0.159. The molecule has 0 radical (unpaired) electrons. The van der Waals surface area contributed by atoms with Gasteiger partial charge in [0.15, 0.2) is 0 Å². The molecule has 0 saturated carbocycles. The van der Waals surface area contributed by atoms with Crippen LogP contribution in [0.1, 0.15) is 32.3 Å². The van der Waals surface area contributed by atoms with E-state index < -0.39 is 0 Å². The molecule has 122 valence electrons. The van der Waals surface area contributed by atoms with E-state index >= 15 is 0 Å². The summed E-state index contributed by atoms with van der Waals surface area (Å²) in [6.45, 7) is 8.59. The second kappa shape index (κ2) is 8.18. The van der Waals surface area contributed by atoms with Crippen LogP contribution in [-0.4, -0.2) is 49.0 Å². The number of nitrogens with zero attached hydrogens (tertiary/aromatic N) is 2. The van der Waals surface area contributed by atoms with E-state index in [4.69, 9.17) is 4.74 Å². The Morgan fingerprint density at radius 3 is 2.55 bits per heavy atom. The first-order valence-corrected chi connectivity index (χ1v) is 8.32. The number of methoxy groups -OCH3 is 1. The van der Waals surface area contributed by atoms with Crippen molar-refractivity contribution in [2.75, 3.05) is 33.3 Å². The topological polar surface area (TPSA) is 32.8 Å². The predicted octanol–water partition coefficient (Wildman–Crippen LogP) is 2.78. The van der Waals surface area contributed by atoms with Crippen molar-refractivity contribution in [3.63, 3.8) is 0 Å². The molecule has 4 nitrogen and oxygen atoms in total. The van der Waals surface area contributed by atoms with Crippen molar-refractivity contribution in [1.29, 1.82) is 0 Å². The molecular formula is C18H28N2O2. The lowest BCUT2D eigenvalue weighted by molar-refractivity contribution is -0.137. The van der Waals surface area contributed by atoms with Gasteiger partial charge in [-0.15, -0.1) is 0 Å². The van der Waals surface area contributed by atoms with Crippen LogP contribution in [-0.2, 0) is 11.3 Å². The first-order valence-electron chi connectivity index (χ1n) is 8.32. The largest absolute Gasteiger partial charge is 0.497 e. The summed E-state index contributed by atoms with van der Waals surface area (Å²) in [6, 6.07) is 8.21. The molecule has 1 amide bonds. The summed E-state index contributed by atoms with van der Waals surface area (Å²) in [6.07, 6.45) is 2.13. The Kier molecular flexibility index (Phi) is 6.25. The Morgan fingerprint density at radius 1 is 1.27 bits per heavy atom. The summed E-state index contributed by atoms with van der Waals surface area (Å²) in [5.74, 6) is 1.37. The molecular weight excluding hydrogens is 276 g/mol. The lowest BCUT2D eigenvalue weighted by Gasteiger charge is -2.34. The van der Waals surface area contributed by atoms with E-state index in [0.717, 1.165) is 51.3 Å². The highest BCUT2D eigenvalue weighted by Crippen LogP contribution is 2.21. The van der Waals surface area contributed by atoms with Gasteiger partial charge in [-0.25, -0.2) is 0 Å². The first-order chi connectivity index (χ1) is 10.7. The molecule has 0 unspecified atom stereocenters. The molecule has 0 spiro atoms. The minimum atomic E-state index is 0.159. The van der Waals surface area contributed by atoms with Gasteiger partial charge >= 0.3 is 0 Å². The lowest BCUT2D eigenvalue weighted by atomic mass is 9.96. The van der Waals surface area contributed by atoms with Crippen LogP contribution >= 0.6 is 0 Å². The zero-order chi connectivity index (χ0) is 15.9. The number of carbonyl (C=O) groups excluding carboxylic acids is 1. The standard InChI is InChI=1S/C18H28N2O2/c1-4-20(5-2)18(21)16-7-6-12-19(14-16)13-15-8-10-17(22-3)11-9-15/h8-11,16H,4-7,12-14H2,1-3H3/t16-/m1/s1. The van der Waals surface area contributed by atoms with Gasteiger partial charge in [0.05, 0.1) is 13.0 Å².